The summed E-state index contributed by atoms with van der Waals surface area (Å²) in [6.45, 7) is 1.89. The normalized spacial score (nSPS) is 16.2. The molecule has 2 rings (SSSR count). The Morgan fingerprint density at radius 2 is 2.28 bits per heavy atom. The van der Waals surface area contributed by atoms with Gasteiger partial charge >= 0.3 is 5.97 Å². The zero-order valence-electron chi connectivity index (χ0n) is 10.4. The molecule has 1 aliphatic rings. The van der Waals surface area contributed by atoms with Crippen LogP contribution in [0, 0.1) is 0 Å². The Hall–Kier alpha value is -1.33. The van der Waals surface area contributed by atoms with Crippen molar-refractivity contribution in [1.82, 2.24) is 5.32 Å². The second kappa shape index (κ2) is 6.56. The molecule has 1 aromatic heterocycles. The van der Waals surface area contributed by atoms with Gasteiger partial charge in [0.2, 0.25) is 5.76 Å². The first-order chi connectivity index (χ1) is 8.77. The van der Waals surface area contributed by atoms with E-state index in [1.807, 2.05) is 0 Å². The molecule has 0 bridgehead atoms. The lowest BCUT2D eigenvalue weighted by Gasteiger charge is -2.11. The van der Waals surface area contributed by atoms with Gasteiger partial charge in [-0.15, -0.1) is 0 Å². The minimum absolute atomic E-state index is 0.0132. The van der Waals surface area contributed by atoms with Gasteiger partial charge in [-0.05, 0) is 18.9 Å². The van der Waals surface area contributed by atoms with Crippen molar-refractivity contribution in [1.29, 1.82) is 0 Å². The number of nitrogens with one attached hydrogen (secondary N) is 1. The van der Waals surface area contributed by atoms with E-state index in [2.05, 4.69) is 5.32 Å². The van der Waals surface area contributed by atoms with Crippen molar-refractivity contribution < 1.29 is 19.1 Å². The molecule has 2 N–H and O–H groups in total. The third-order valence-electron chi connectivity index (χ3n) is 3.19. The lowest BCUT2D eigenvalue weighted by molar-refractivity contribution is 0.0602. The van der Waals surface area contributed by atoms with Crippen LogP contribution in [-0.2, 0) is 11.3 Å². The Kier molecular flexibility index (Phi) is 4.78. The van der Waals surface area contributed by atoms with Gasteiger partial charge in [0.25, 0.3) is 0 Å². The summed E-state index contributed by atoms with van der Waals surface area (Å²) >= 11 is 0. The minimum atomic E-state index is -1.03. The predicted octanol–water partition coefficient (Wildman–Crippen LogP) is 2.03. The molecule has 5 nitrogen and oxygen atoms in total. The molecule has 1 fully saturated rings. The number of rotatable bonds is 7. The Bertz CT molecular complexity index is 382. The van der Waals surface area contributed by atoms with E-state index in [-0.39, 0.29) is 5.76 Å². The SMILES string of the molecule is O=C(O)c1occc1CNCCOC1CCCC1. The van der Waals surface area contributed by atoms with Crippen LogP contribution in [0.1, 0.15) is 41.8 Å². The maximum Gasteiger partial charge on any atom is 0.372 e. The Balaban J connectivity index is 1.62. The van der Waals surface area contributed by atoms with Gasteiger partial charge in [0.05, 0.1) is 19.0 Å². The van der Waals surface area contributed by atoms with Crippen molar-refractivity contribution >= 4 is 5.97 Å². The van der Waals surface area contributed by atoms with Crippen LogP contribution in [0.2, 0.25) is 0 Å². The summed E-state index contributed by atoms with van der Waals surface area (Å²) in [5.74, 6) is -1.02. The van der Waals surface area contributed by atoms with Crippen molar-refractivity contribution in [2.45, 2.75) is 38.3 Å². The highest BCUT2D eigenvalue weighted by Gasteiger charge is 2.15. The Morgan fingerprint density at radius 3 is 3.00 bits per heavy atom. The first kappa shape index (κ1) is 13.1. The molecule has 100 valence electrons. The summed E-state index contributed by atoms with van der Waals surface area (Å²) in [5, 5.41) is 12.0. The molecule has 18 heavy (non-hydrogen) atoms. The highest BCUT2D eigenvalue weighted by Crippen LogP contribution is 2.20. The van der Waals surface area contributed by atoms with E-state index in [1.165, 1.54) is 31.9 Å². The van der Waals surface area contributed by atoms with Crippen molar-refractivity contribution in [3.05, 3.63) is 23.7 Å². The Morgan fingerprint density at radius 1 is 1.50 bits per heavy atom. The average Bonchev–Trinajstić information content (AvgIpc) is 2.98. The zero-order chi connectivity index (χ0) is 12.8. The molecule has 0 aromatic carbocycles. The van der Waals surface area contributed by atoms with Crippen LogP contribution in [0.15, 0.2) is 16.7 Å². The molecule has 0 aliphatic heterocycles. The fourth-order valence-corrected chi connectivity index (χ4v) is 2.24. The molecule has 0 unspecified atom stereocenters. The minimum Gasteiger partial charge on any atom is -0.475 e. The molecule has 1 aliphatic carbocycles. The average molecular weight is 253 g/mol. The first-order valence-corrected chi connectivity index (χ1v) is 6.39. The molecule has 0 radical (unpaired) electrons. The van der Waals surface area contributed by atoms with Crippen LogP contribution in [0.3, 0.4) is 0 Å². The summed E-state index contributed by atoms with van der Waals surface area (Å²) in [4.78, 5) is 10.8. The molecule has 1 heterocycles. The maximum atomic E-state index is 10.8. The van der Waals surface area contributed by atoms with Gasteiger partial charge in [-0.2, -0.15) is 0 Å². The van der Waals surface area contributed by atoms with Gasteiger partial charge in [-0.25, -0.2) is 4.79 Å². The van der Waals surface area contributed by atoms with Crippen LogP contribution in [0.25, 0.3) is 0 Å². The number of furan rings is 1. The van der Waals surface area contributed by atoms with E-state index < -0.39 is 5.97 Å². The second-order valence-electron chi connectivity index (χ2n) is 4.53. The summed E-state index contributed by atoms with van der Waals surface area (Å²) in [7, 11) is 0. The summed E-state index contributed by atoms with van der Waals surface area (Å²) < 4.78 is 10.6. The summed E-state index contributed by atoms with van der Waals surface area (Å²) in [6.07, 6.45) is 6.71. The van der Waals surface area contributed by atoms with E-state index in [9.17, 15) is 4.79 Å². The van der Waals surface area contributed by atoms with Crippen LogP contribution in [0.5, 0.6) is 0 Å². The van der Waals surface area contributed by atoms with Crippen LogP contribution in [-0.4, -0.2) is 30.3 Å². The monoisotopic (exact) mass is 253 g/mol. The maximum absolute atomic E-state index is 10.8. The number of carboxylic acid groups (broad SMARTS) is 1. The van der Waals surface area contributed by atoms with E-state index >= 15 is 0 Å². The lowest BCUT2D eigenvalue weighted by Crippen LogP contribution is -2.22. The van der Waals surface area contributed by atoms with E-state index in [0.717, 1.165) is 6.54 Å². The zero-order valence-corrected chi connectivity index (χ0v) is 10.4. The van der Waals surface area contributed by atoms with Gasteiger partial charge in [0.1, 0.15) is 0 Å². The summed E-state index contributed by atoms with van der Waals surface area (Å²) in [6, 6.07) is 1.67. The number of carboxylic acids is 1. The Labute approximate surface area is 106 Å². The van der Waals surface area contributed by atoms with E-state index in [4.69, 9.17) is 14.3 Å². The first-order valence-electron chi connectivity index (χ1n) is 6.39. The third kappa shape index (κ3) is 3.58. The standard InChI is InChI=1S/C13H19NO4/c15-13(16)12-10(5-7-18-12)9-14-6-8-17-11-3-1-2-4-11/h5,7,11,14H,1-4,6,8-9H2,(H,15,16). The lowest BCUT2D eigenvalue weighted by atomic mass is 10.2. The molecular formula is C13H19NO4. The summed E-state index contributed by atoms with van der Waals surface area (Å²) in [5.41, 5.74) is 0.670. The van der Waals surface area contributed by atoms with Crippen LogP contribution in [0.4, 0.5) is 0 Å². The van der Waals surface area contributed by atoms with Gasteiger partial charge < -0.3 is 19.6 Å². The molecule has 5 heteroatoms. The fourth-order valence-electron chi connectivity index (χ4n) is 2.24. The van der Waals surface area contributed by atoms with Crippen molar-refractivity contribution in [3.8, 4) is 0 Å². The molecule has 1 saturated carbocycles. The number of hydrogen-bond donors (Lipinski definition) is 2. The van der Waals surface area contributed by atoms with Crippen molar-refractivity contribution in [3.63, 3.8) is 0 Å². The quantitative estimate of drug-likeness (QED) is 0.727. The van der Waals surface area contributed by atoms with Gasteiger partial charge in [-0.1, -0.05) is 12.8 Å². The van der Waals surface area contributed by atoms with Crippen molar-refractivity contribution in [2.75, 3.05) is 13.2 Å². The predicted molar refractivity (Wildman–Crippen MR) is 65.6 cm³/mol. The van der Waals surface area contributed by atoms with Crippen LogP contribution >= 0.6 is 0 Å². The molecule has 0 spiro atoms. The largest absolute Gasteiger partial charge is 0.475 e. The second-order valence-corrected chi connectivity index (χ2v) is 4.53. The topological polar surface area (TPSA) is 71.7 Å². The molecule has 0 amide bonds. The van der Waals surface area contributed by atoms with Gasteiger partial charge in [0, 0.05) is 18.7 Å². The smallest absolute Gasteiger partial charge is 0.372 e. The highest BCUT2D eigenvalue weighted by molar-refractivity contribution is 5.86. The molecular weight excluding hydrogens is 234 g/mol. The molecule has 0 atom stereocenters. The number of aromatic carboxylic acids is 1. The van der Waals surface area contributed by atoms with Crippen LogP contribution < -0.4 is 5.32 Å². The third-order valence-corrected chi connectivity index (χ3v) is 3.19. The van der Waals surface area contributed by atoms with Gasteiger partial charge in [-0.3, -0.25) is 0 Å². The number of ether oxygens (including phenoxy) is 1. The van der Waals surface area contributed by atoms with Crippen molar-refractivity contribution in [2.24, 2.45) is 0 Å². The molecule has 1 aromatic rings. The molecule has 0 saturated heterocycles. The highest BCUT2D eigenvalue weighted by atomic mass is 16.5. The van der Waals surface area contributed by atoms with E-state index in [1.54, 1.807) is 6.07 Å². The number of hydrogen-bond acceptors (Lipinski definition) is 4. The fraction of sp³-hybridized carbons (Fsp3) is 0.615. The van der Waals surface area contributed by atoms with Gasteiger partial charge in [0.15, 0.2) is 0 Å². The van der Waals surface area contributed by atoms with E-state index in [0.29, 0.717) is 24.8 Å². The number of carbonyl (C=O) groups is 1.